The Hall–Kier alpha value is -0.890. The molecular weight excluding hydrogens is 340 g/mol. The van der Waals surface area contributed by atoms with Gasteiger partial charge in [-0.25, -0.2) is 22.5 Å². The van der Waals surface area contributed by atoms with Crippen molar-refractivity contribution >= 4 is 44.3 Å². The SMILES string of the molecule is CC(Cl)c1nc2cc(Cl)c(F)cc2n1CCNS(C)(=O)=O. The number of hydrogen-bond acceptors (Lipinski definition) is 3. The van der Waals surface area contributed by atoms with Crippen LogP contribution in [0.25, 0.3) is 11.0 Å². The molecule has 0 aliphatic heterocycles. The number of benzene rings is 1. The van der Waals surface area contributed by atoms with Crippen LogP contribution in [0.2, 0.25) is 5.02 Å². The molecule has 0 saturated carbocycles. The van der Waals surface area contributed by atoms with Crippen LogP contribution in [-0.4, -0.2) is 30.8 Å². The first-order chi connectivity index (χ1) is 9.69. The zero-order valence-electron chi connectivity index (χ0n) is 11.4. The predicted molar refractivity (Wildman–Crippen MR) is 81.8 cm³/mol. The number of hydrogen-bond donors (Lipinski definition) is 1. The monoisotopic (exact) mass is 353 g/mol. The zero-order chi connectivity index (χ0) is 15.8. The predicted octanol–water partition coefficient (Wildman–Crippen LogP) is 2.68. The molecule has 5 nitrogen and oxygen atoms in total. The van der Waals surface area contributed by atoms with Gasteiger partial charge in [-0.3, -0.25) is 0 Å². The molecule has 1 heterocycles. The van der Waals surface area contributed by atoms with Gasteiger partial charge in [-0.15, -0.1) is 11.6 Å². The fourth-order valence-electron chi connectivity index (χ4n) is 2.02. The molecule has 9 heteroatoms. The zero-order valence-corrected chi connectivity index (χ0v) is 13.7. The van der Waals surface area contributed by atoms with E-state index in [4.69, 9.17) is 23.2 Å². The lowest BCUT2D eigenvalue weighted by Crippen LogP contribution is -2.26. The largest absolute Gasteiger partial charge is 0.325 e. The maximum atomic E-state index is 13.6. The molecule has 1 unspecified atom stereocenters. The minimum atomic E-state index is -3.29. The third-order valence-corrected chi connectivity index (χ3v) is 4.09. The molecule has 1 aromatic heterocycles. The lowest BCUT2D eigenvalue weighted by atomic mass is 10.3. The summed E-state index contributed by atoms with van der Waals surface area (Å²) < 4.78 is 39.9. The van der Waals surface area contributed by atoms with Crippen LogP contribution in [0.4, 0.5) is 4.39 Å². The molecule has 0 aliphatic rings. The third kappa shape index (κ3) is 3.85. The summed E-state index contributed by atoms with van der Waals surface area (Å²) in [6.45, 7) is 2.18. The number of nitrogens with one attached hydrogen (secondary N) is 1. The second-order valence-corrected chi connectivity index (χ2v) is 7.55. The van der Waals surface area contributed by atoms with Crippen LogP contribution in [0, 0.1) is 5.82 Å². The van der Waals surface area contributed by atoms with Crippen LogP contribution in [0.5, 0.6) is 0 Å². The Bertz CT molecular complexity index is 774. The van der Waals surface area contributed by atoms with E-state index in [0.29, 0.717) is 16.9 Å². The Morgan fingerprint density at radius 2 is 2.14 bits per heavy atom. The number of fused-ring (bicyclic) bond motifs is 1. The van der Waals surface area contributed by atoms with Crippen molar-refractivity contribution in [3.63, 3.8) is 0 Å². The Balaban J connectivity index is 2.43. The maximum absolute atomic E-state index is 13.6. The van der Waals surface area contributed by atoms with Gasteiger partial charge in [0.15, 0.2) is 0 Å². The van der Waals surface area contributed by atoms with Crippen LogP contribution in [0.1, 0.15) is 18.1 Å². The van der Waals surface area contributed by atoms with Crippen LogP contribution in [0.15, 0.2) is 12.1 Å². The molecule has 116 valence electrons. The highest BCUT2D eigenvalue weighted by Crippen LogP contribution is 2.28. The summed E-state index contributed by atoms with van der Waals surface area (Å²) in [4.78, 5) is 4.33. The lowest BCUT2D eigenvalue weighted by Gasteiger charge is -2.10. The summed E-state index contributed by atoms with van der Waals surface area (Å²) >= 11 is 11.8. The van der Waals surface area contributed by atoms with Gasteiger partial charge < -0.3 is 4.57 Å². The van der Waals surface area contributed by atoms with Crippen molar-refractivity contribution in [1.29, 1.82) is 0 Å². The summed E-state index contributed by atoms with van der Waals surface area (Å²) in [6.07, 6.45) is 1.07. The third-order valence-electron chi connectivity index (χ3n) is 2.88. The van der Waals surface area contributed by atoms with Crippen molar-refractivity contribution in [3.05, 3.63) is 28.8 Å². The molecule has 1 aromatic carbocycles. The van der Waals surface area contributed by atoms with Crippen molar-refractivity contribution in [3.8, 4) is 0 Å². The first-order valence-corrected chi connectivity index (χ1v) is 8.83. The molecule has 1 atom stereocenters. The molecule has 0 amide bonds. The van der Waals surface area contributed by atoms with Gasteiger partial charge in [0.05, 0.1) is 27.7 Å². The van der Waals surface area contributed by atoms with Gasteiger partial charge in [0.2, 0.25) is 10.0 Å². The van der Waals surface area contributed by atoms with Crippen LogP contribution in [0.3, 0.4) is 0 Å². The number of alkyl halides is 1. The van der Waals surface area contributed by atoms with Crippen molar-refractivity contribution < 1.29 is 12.8 Å². The van der Waals surface area contributed by atoms with Gasteiger partial charge in [-0.05, 0) is 13.0 Å². The standard InChI is InChI=1S/C12H14Cl2FN3O2S/c1-7(13)12-17-10-5-8(14)9(15)6-11(10)18(12)4-3-16-21(2,19)20/h5-7,16H,3-4H2,1-2H3. The smallest absolute Gasteiger partial charge is 0.208 e. The highest BCUT2D eigenvalue weighted by molar-refractivity contribution is 7.88. The first kappa shape index (κ1) is 16.5. The van der Waals surface area contributed by atoms with E-state index in [1.807, 2.05) is 0 Å². The average molecular weight is 354 g/mol. The highest BCUT2D eigenvalue weighted by atomic mass is 35.5. The lowest BCUT2D eigenvalue weighted by molar-refractivity contribution is 0.576. The van der Waals surface area contributed by atoms with E-state index in [-0.39, 0.29) is 18.1 Å². The maximum Gasteiger partial charge on any atom is 0.208 e. The van der Waals surface area contributed by atoms with Gasteiger partial charge in [0, 0.05) is 19.2 Å². The molecule has 0 radical (unpaired) electrons. The van der Waals surface area contributed by atoms with E-state index in [1.165, 1.54) is 12.1 Å². The van der Waals surface area contributed by atoms with E-state index in [2.05, 4.69) is 9.71 Å². The molecule has 2 aromatic rings. The van der Waals surface area contributed by atoms with Crippen LogP contribution in [-0.2, 0) is 16.6 Å². The van der Waals surface area contributed by atoms with Gasteiger partial charge in [-0.2, -0.15) is 0 Å². The fourth-order valence-corrected chi connectivity index (χ4v) is 2.81. The van der Waals surface area contributed by atoms with Crippen LogP contribution >= 0.6 is 23.2 Å². The normalized spacial score (nSPS) is 13.8. The Morgan fingerprint density at radius 1 is 1.48 bits per heavy atom. The molecule has 0 fully saturated rings. The summed E-state index contributed by atoms with van der Waals surface area (Å²) in [6, 6.07) is 2.70. The van der Waals surface area contributed by atoms with Crippen LogP contribution < -0.4 is 4.72 Å². The van der Waals surface area contributed by atoms with Crippen molar-refractivity contribution in [1.82, 2.24) is 14.3 Å². The summed E-state index contributed by atoms with van der Waals surface area (Å²) in [5.41, 5.74) is 1.04. The molecular formula is C12H14Cl2FN3O2S. The summed E-state index contributed by atoms with van der Waals surface area (Å²) in [5, 5.41) is -0.423. The van der Waals surface area contributed by atoms with E-state index in [1.54, 1.807) is 11.5 Å². The molecule has 0 aliphatic carbocycles. The molecule has 21 heavy (non-hydrogen) atoms. The highest BCUT2D eigenvalue weighted by Gasteiger charge is 2.17. The minimum absolute atomic E-state index is 0.0183. The van der Waals surface area contributed by atoms with E-state index in [0.717, 1.165) is 6.26 Å². The number of sulfonamides is 1. The number of aromatic nitrogens is 2. The molecule has 1 N–H and O–H groups in total. The van der Waals surface area contributed by atoms with Gasteiger partial charge in [0.25, 0.3) is 0 Å². The first-order valence-electron chi connectivity index (χ1n) is 6.13. The second-order valence-electron chi connectivity index (χ2n) is 4.66. The summed E-state index contributed by atoms with van der Waals surface area (Å²) in [5.74, 6) is -0.0289. The van der Waals surface area contributed by atoms with Crippen molar-refractivity contribution in [2.24, 2.45) is 0 Å². The second kappa shape index (κ2) is 6.08. The van der Waals surface area contributed by atoms with Gasteiger partial charge >= 0.3 is 0 Å². The van der Waals surface area contributed by atoms with E-state index in [9.17, 15) is 12.8 Å². The number of rotatable bonds is 5. The fraction of sp³-hybridized carbons (Fsp3) is 0.417. The Labute approximate surface area is 132 Å². The van der Waals surface area contributed by atoms with Gasteiger partial charge in [0.1, 0.15) is 11.6 Å². The molecule has 0 bridgehead atoms. The molecule has 2 rings (SSSR count). The van der Waals surface area contributed by atoms with Crippen molar-refractivity contribution in [2.75, 3.05) is 12.8 Å². The topological polar surface area (TPSA) is 64.0 Å². The Kier molecular flexibility index (Phi) is 4.77. The average Bonchev–Trinajstić information content (AvgIpc) is 2.67. The number of imidazole rings is 1. The molecule has 0 spiro atoms. The van der Waals surface area contributed by atoms with Crippen molar-refractivity contribution in [2.45, 2.75) is 18.8 Å². The van der Waals surface area contributed by atoms with Gasteiger partial charge in [-0.1, -0.05) is 11.6 Å². The number of halogens is 3. The summed E-state index contributed by atoms with van der Waals surface area (Å²) in [7, 11) is -3.29. The quantitative estimate of drug-likeness (QED) is 0.840. The Morgan fingerprint density at radius 3 is 2.71 bits per heavy atom. The van der Waals surface area contributed by atoms with E-state index >= 15 is 0 Å². The number of nitrogens with zero attached hydrogens (tertiary/aromatic N) is 2. The van der Waals surface area contributed by atoms with E-state index < -0.39 is 21.2 Å². The minimum Gasteiger partial charge on any atom is -0.325 e. The molecule has 0 saturated heterocycles.